The molecule has 0 spiro atoms. The van der Waals surface area contributed by atoms with Crippen LogP contribution in [0.2, 0.25) is 0 Å². The molecule has 0 heterocycles. The normalized spacial score (nSPS) is 18.9. The third-order valence-corrected chi connectivity index (χ3v) is 3.95. The van der Waals surface area contributed by atoms with Gasteiger partial charge in [0.05, 0.1) is 0 Å². The van der Waals surface area contributed by atoms with Gasteiger partial charge in [-0.05, 0) is 18.8 Å². The zero-order chi connectivity index (χ0) is 12.9. The van der Waals surface area contributed by atoms with Crippen LogP contribution in [0.1, 0.15) is 46.0 Å². The second-order valence-corrected chi connectivity index (χ2v) is 4.81. The van der Waals surface area contributed by atoms with E-state index in [9.17, 15) is 4.79 Å². The topological polar surface area (TPSA) is 87.7 Å². The lowest BCUT2D eigenvalue weighted by Gasteiger charge is -2.38. The first-order chi connectivity index (χ1) is 8.10. The number of hydrogen-bond donors (Lipinski definition) is 3. The van der Waals surface area contributed by atoms with Crippen LogP contribution in [-0.4, -0.2) is 23.5 Å². The number of carbonyl (C=O) groups excluding carboxylic acids is 1. The van der Waals surface area contributed by atoms with Gasteiger partial charge in [-0.15, -0.1) is 0 Å². The number of nitrogens with two attached hydrogens (primary N) is 1. The van der Waals surface area contributed by atoms with Crippen molar-refractivity contribution in [2.24, 2.45) is 22.2 Å². The molecule has 1 amide bonds. The maximum Gasteiger partial charge on any atom is 0.233 e. The van der Waals surface area contributed by atoms with Gasteiger partial charge >= 0.3 is 0 Å². The first-order valence-corrected chi connectivity index (χ1v) is 6.37. The van der Waals surface area contributed by atoms with Crippen molar-refractivity contribution in [2.45, 2.75) is 46.0 Å². The summed E-state index contributed by atoms with van der Waals surface area (Å²) in [6.45, 7) is 4.90. The monoisotopic (exact) mass is 241 g/mol. The van der Waals surface area contributed by atoms with Gasteiger partial charge in [0.25, 0.3) is 0 Å². The molecule has 0 radical (unpaired) electrons. The number of nitrogens with one attached hydrogen (secondary N) is 1. The number of oxime groups is 1. The van der Waals surface area contributed by atoms with Gasteiger partial charge in [0, 0.05) is 6.54 Å². The van der Waals surface area contributed by atoms with Crippen LogP contribution in [0.5, 0.6) is 0 Å². The maximum atomic E-state index is 12.1. The highest BCUT2D eigenvalue weighted by atomic mass is 16.4. The molecule has 0 aromatic carbocycles. The number of amides is 1. The van der Waals surface area contributed by atoms with E-state index in [0.717, 1.165) is 19.3 Å². The Morgan fingerprint density at radius 2 is 2.06 bits per heavy atom. The molecular weight excluding hydrogens is 218 g/mol. The molecule has 1 rings (SSSR count). The van der Waals surface area contributed by atoms with Crippen molar-refractivity contribution in [3.8, 4) is 0 Å². The second-order valence-electron chi connectivity index (χ2n) is 4.81. The molecule has 1 fully saturated rings. The number of nitrogens with zero attached hydrogens (tertiary/aromatic N) is 1. The third kappa shape index (κ3) is 2.70. The van der Waals surface area contributed by atoms with Crippen molar-refractivity contribution in [1.29, 1.82) is 0 Å². The van der Waals surface area contributed by atoms with E-state index < -0.39 is 5.41 Å². The molecular formula is C12H23N3O2. The predicted octanol–water partition coefficient (Wildman–Crippen LogP) is 1.46. The van der Waals surface area contributed by atoms with Crippen LogP contribution in [0.15, 0.2) is 5.16 Å². The molecule has 0 bridgehead atoms. The van der Waals surface area contributed by atoms with Crippen LogP contribution in [-0.2, 0) is 4.79 Å². The Morgan fingerprint density at radius 1 is 1.47 bits per heavy atom. The van der Waals surface area contributed by atoms with Gasteiger partial charge in [0.15, 0.2) is 5.84 Å². The van der Waals surface area contributed by atoms with Crippen molar-refractivity contribution in [3.05, 3.63) is 0 Å². The van der Waals surface area contributed by atoms with E-state index in [-0.39, 0.29) is 11.7 Å². The molecule has 1 aliphatic rings. The van der Waals surface area contributed by atoms with Crippen molar-refractivity contribution >= 4 is 11.7 Å². The first kappa shape index (κ1) is 13.8. The van der Waals surface area contributed by atoms with Crippen LogP contribution < -0.4 is 11.1 Å². The molecule has 0 saturated heterocycles. The second kappa shape index (κ2) is 5.89. The van der Waals surface area contributed by atoms with E-state index in [1.807, 2.05) is 0 Å². The van der Waals surface area contributed by atoms with Crippen LogP contribution in [0.3, 0.4) is 0 Å². The number of hydrogen-bond acceptors (Lipinski definition) is 3. The Bertz CT molecular complexity index is 294. The van der Waals surface area contributed by atoms with Crippen LogP contribution in [0, 0.1) is 11.3 Å². The minimum Gasteiger partial charge on any atom is -0.409 e. The van der Waals surface area contributed by atoms with Gasteiger partial charge in [-0.3, -0.25) is 4.79 Å². The van der Waals surface area contributed by atoms with Crippen LogP contribution in [0.4, 0.5) is 0 Å². The Balaban J connectivity index is 2.56. The van der Waals surface area contributed by atoms with E-state index in [1.54, 1.807) is 0 Å². The summed E-state index contributed by atoms with van der Waals surface area (Å²) in [5.41, 5.74) is 4.88. The molecule has 1 aliphatic carbocycles. The SMILES string of the molecule is CCC(CC)CNC(=O)C1(C(N)=NO)CCC1. The van der Waals surface area contributed by atoms with Crippen LogP contribution in [0.25, 0.3) is 0 Å². The van der Waals surface area contributed by atoms with Crippen molar-refractivity contribution in [2.75, 3.05) is 6.54 Å². The first-order valence-electron chi connectivity index (χ1n) is 6.37. The smallest absolute Gasteiger partial charge is 0.233 e. The van der Waals surface area contributed by atoms with Crippen LogP contribution >= 0.6 is 0 Å². The summed E-state index contributed by atoms with van der Waals surface area (Å²) in [7, 11) is 0. The highest BCUT2D eigenvalue weighted by Crippen LogP contribution is 2.41. The van der Waals surface area contributed by atoms with Crippen molar-refractivity contribution < 1.29 is 10.0 Å². The van der Waals surface area contributed by atoms with Gasteiger partial charge < -0.3 is 16.3 Å². The van der Waals surface area contributed by atoms with E-state index in [2.05, 4.69) is 24.3 Å². The molecule has 17 heavy (non-hydrogen) atoms. The summed E-state index contributed by atoms with van der Waals surface area (Å²) in [6.07, 6.45) is 4.41. The zero-order valence-corrected chi connectivity index (χ0v) is 10.7. The summed E-state index contributed by atoms with van der Waals surface area (Å²) in [5.74, 6) is 0.458. The average Bonchev–Trinajstić information content (AvgIpc) is 2.28. The molecule has 0 atom stereocenters. The largest absolute Gasteiger partial charge is 0.409 e. The Labute approximate surface area is 102 Å². The van der Waals surface area contributed by atoms with E-state index in [0.29, 0.717) is 25.3 Å². The molecule has 0 unspecified atom stereocenters. The Kier molecular flexibility index (Phi) is 4.78. The minimum atomic E-state index is -0.749. The number of carbonyl (C=O) groups is 1. The highest BCUT2D eigenvalue weighted by molar-refractivity contribution is 6.07. The third-order valence-electron chi connectivity index (χ3n) is 3.95. The Morgan fingerprint density at radius 3 is 2.41 bits per heavy atom. The maximum absolute atomic E-state index is 12.1. The van der Waals surface area contributed by atoms with E-state index in [4.69, 9.17) is 10.9 Å². The average molecular weight is 241 g/mol. The molecule has 98 valence electrons. The number of amidine groups is 1. The van der Waals surface area contributed by atoms with Crippen molar-refractivity contribution in [3.63, 3.8) is 0 Å². The predicted molar refractivity (Wildman–Crippen MR) is 66.8 cm³/mol. The summed E-state index contributed by atoms with van der Waals surface area (Å²) in [4.78, 5) is 12.1. The fourth-order valence-corrected chi connectivity index (χ4v) is 2.21. The van der Waals surface area contributed by atoms with Gasteiger partial charge in [0.1, 0.15) is 5.41 Å². The molecule has 5 nitrogen and oxygen atoms in total. The summed E-state index contributed by atoms with van der Waals surface area (Å²) in [5, 5.41) is 14.7. The van der Waals surface area contributed by atoms with Crippen molar-refractivity contribution in [1.82, 2.24) is 5.32 Å². The Hall–Kier alpha value is -1.26. The zero-order valence-electron chi connectivity index (χ0n) is 10.7. The minimum absolute atomic E-state index is 0.0470. The van der Waals surface area contributed by atoms with E-state index in [1.165, 1.54) is 0 Å². The lowest BCUT2D eigenvalue weighted by molar-refractivity contribution is -0.131. The van der Waals surface area contributed by atoms with E-state index >= 15 is 0 Å². The van der Waals surface area contributed by atoms with Gasteiger partial charge in [-0.1, -0.05) is 38.3 Å². The fourth-order valence-electron chi connectivity index (χ4n) is 2.21. The standard InChI is InChI=1S/C12H23N3O2/c1-3-9(4-2)8-14-11(16)12(6-5-7-12)10(13)15-17/h9,17H,3-8H2,1-2H3,(H2,13,15)(H,14,16). The number of rotatable bonds is 6. The lowest BCUT2D eigenvalue weighted by Crippen LogP contribution is -2.54. The quantitative estimate of drug-likeness (QED) is 0.285. The molecule has 0 aliphatic heterocycles. The molecule has 5 heteroatoms. The summed E-state index contributed by atoms with van der Waals surface area (Å²) < 4.78 is 0. The molecule has 4 N–H and O–H groups in total. The summed E-state index contributed by atoms with van der Waals surface area (Å²) in [6, 6.07) is 0. The van der Waals surface area contributed by atoms with Gasteiger partial charge in [-0.25, -0.2) is 0 Å². The molecule has 0 aromatic heterocycles. The lowest BCUT2D eigenvalue weighted by atomic mass is 9.67. The van der Waals surface area contributed by atoms with Gasteiger partial charge in [-0.2, -0.15) is 0 Å². The van der Waals surface area contributed by atoms with Gasteiger partial charge in [0.2, 0.25) is 5.91 Å². The highest BCUT2D eigenvalue weighted by Gasteiger charge is 2.48. The molecule has 1 saturated carbocycles. The fraction of sp³-hybridized carbons (Fsp3) is 0.833. The summed E-state index contributed by atoms with van der Waals surface area (Å²) >= 11 is 0. The molecule has 0 aromatic rings.